The largest absolute Gasteiger partial charge is 0.396 e. The van der Waals surface area contributed by atoms with Crippen molar-refractivity contribution in [3.8, 4) is 0 Å². The molecule has 9 heteroatoms. The molecule has 0 saturated heterocycles. The van der Waals surface area contributed by atoms with Gasteiger partial charge in [-0.15, -0.1) is 0 Å². The Hall–Kier alpha value is -2.71. The molecule has 0 aromatic heterocycles. The van der Waals surface area contributed by atoms with Gasteiger partial charge in [-0.3, -0.25) is 19.7 Å². The summed E-state index contributed by atoms with van der Waals surface area (Å²) in [5, 5.41) is 13.0. The van der Waals surface area contributed by atoms with Crippen LogP contribution in [0.2, 0.25) is 0 Å². The second-order valence-electron chi connectivity index (χ2n) is 4.59. The second kappa shape index (κ2) is 5.11. The van der Waals surface area contributed by atoms with Crippen LogP contribution >= 0.6 is 0 Å². The first-order valence-electron chi connectivity index (χ1n) is 5.42. The van der Waals surface area contributed by atoms with E-state index in [0.29, 0.717) is 6.07 Å². The fraction of sp³-hybridized carbons (Fsp3) is 0.273. The van der Waals surface area contributed by atoms with E-state index in [0.717, 1.165) is 6.07 Å². The number of nitrogen functional groups attached to an aromatic ring is 1. The molecule has 2 amide bonds. The van der Waals surface area contributed by atoms with E-state index in [1.54, 1.807) is 0 Å². The lowest BCUT2D eigenvalue weighted by Crippen LogP contribution is -2.53. The van der Waals surface area contributed by atoms with Gasteiger partial charge in [0.2, 0.25) is 5.91 Å². The van der Waals surface area contributed by atoms with Gasteiger partial charge in [0.05, 0.1) is 16.7 Å². The highest BCUT2D eigenvalue weighted by Crippen LogP contribution is 2.24. The van der Waals surface area contributed by atoms with Gasteiger partial charge in [-0.1, -0.05) is 0 Å². The third-order valence-electron chi connectivity index (χ3n) is 2.60. The number of hydrogen-bond donors (Lipinski definition) is 3. The van der Waals surface area contributed by atoms with E-state index in [1.165, 1.54) is 13.8 Å². The van der Waals surface area contributed by atoms with Gasteiger partial charge in [0.25, 0.3) is 11.6 Å². The number of anilines is 1. The predicted molar refractivity (Wildman–Crippen MR) is 68.2 cm³/mol. The summed E-state index contributed by atoms with van der Waals surface area (Å²) >= 11 is 0. The Morgan fingerprint density at radius 2 is 1.95 bits per heavy atom. The number of nitro benzene ring substituents is 1. The van der Waals surface area contributed by atoms with Gasteiger partial charge in [0, 0.05) is 0 Å². The summed E-state index contributed by atoms with van der Waals surface area (Å²) in [7, 11) is 0. The van der Waals surface area contributed by atoms with Crippen molar-refractivity contribution >= 4 is 23.2 Å². The van der Waals surface area contributed by atoms with Crippen LogP contribution in [0.5, 0.6) is 0 Å². The molecule has 0 radical (unpaired) electrons. The average Bonchev–Trinajstić information content (AvgIpc) is 2.30. The van der Waals surface area contributed by atoms with Crippen molar-refractivity contribution in [2.24, 2.45) is 5.73 Å². The number of nitrogens with zero attached hydrogens (tertiary/aromatic N) is 1. The smallest absolute Gasteiger partial charge is 0.285 e. The zero-order valence-electron chi connectivity index (χ0n) is 10.8. The molecule has 0 aliphatic carbocycles. The molecule has 0 bridgehead atoms. The van der Waals surface area contributed by atoms with Crippen LogP contribution in [-0.4, -0.2) is 22.3 Å². The molecule has 5 N–H and O–H groups in total. The maximum absolute atomic E-state index is 13.2. The van der Waals surface area contributed by atoms with Crippen LogP contribution in [0.3, 0.4) is 0 Å². The zero-order chi connectivity index (χ0) is 15.7. The van der Waals surface area contributed by atoms with E-state index in [-0.39, 0.29) is 0 Å². The standard InChI is InChI=1S/C11H13FN4O4/c1-11(2,10(14)18)15-9(17)5-3-7(13)6(12)4-8(5)16(19)20/h3-4H,13H2,1-2H3,(H2,14,18)(H,15,17). The van der Waals surface area contributed by atoms with Gasteiger partial charge in [-0.05, 0) is 19.9 Å². The summed E-state index contributed by atoms with van der Waals surface area (Å²) in [6, 6.07) is 1.38. The van der Waals surface area contributed by atoms with Gasteiger partial charge in [0.15, 0.2) is 5.82 Å². The summed E-state index contributed by atoms with van der Waals surface area (Å²) in [5.74, 6) is -2.79. The van der Waals surface area contributed by atoms with Gasteiger partial charge in [-0.25, -0.2) is 4.39 Å². The van der Waals surface area contributed by atoms with Crippen molar-refractivity contribution in [2.75, 3.05) is 5.73 Å². The Morgan fingerprint density at radius 1 is 1.40 bits per heavy atom. The highest BCUT2D eigenvalue weighted by molar-refractivity contribution is 6.02. The Balaban J connectivity index is 3.26. The van der Waals surface area contributed by atoms with Crippen molar-refractivity contribution in [2.45, 2.75) is 19.4 Å². The minimum absolute atomic E-state index is 0.419. The molecule has 0 aliphatic rings. The molecule has 1 rings (SSSR count). The molecule has 0 fully saturated rings. The van der Waals surface area contributed by atoms with Crippen LogP contribution in [0.4, 0.5) is 15.8 Å². The lowest BCUT2D eigenvalue weighted by molar-refractivity contribution is -0.385. The second-order valence-corrected chi connectivity index (χ2v) is 4.59. The predicted octanol–water partition coefficient (Wildman–Crippen LogP) is 0.310. The summed E-state index contributed by atoms with van der Waals surface area (Å²) in [4.78, 5) is 33.0. The first-order chi connectivity index (χ1) is 9.06. The number of carbonyl (C=O) groups excluding carboxylic acids is 2. The van der Waals surface area contributed by atoms with Crippen molar-refractivity contribution in [3.63, 3.8) is 0 Å². The van der Waals surface area contributed by atoms with Gasteiger partial charge in [-0.2, -0.15) is 0 Å². The van der Waals surface area contributed by atoms with E-state index in [4.69, 9.17) is 11.5 Å². The fourth-order valence-corrected chi connectivity index (χ4v) is 1.33. The number of halogens is 1. The molecule has 1 aromatic rings. The van der Waals surface area contributed by atoms with Gasteiger partial charge in [0.1, 0.15) is 11.1 Å². The lowest BCUT2D eigenvalue weighted by atomic mass is 10.0. The number of hydrogen-bond acceptors (Lipinski definition) is 5. The third-order valence-corrected chi connectivity index (χ3v) is 2.60. The highest BCUT2D eigenvalue weighted by atomic mass is 19.1. The number of primary amides is 1. The molecule has 1 aromatic carbocycles. The van der Waals surface area contributed by atoms with Crippen LogP contribution in [0.1, 0.15) is 24.2 Å². The van der Waals surface area contributed by atoms with E-state index < -0.39 is 45.0 Å². The van der Waals surface area contributed by atoms with Crippen molar-refractivity contribution in [1.82, 2.24) is 5.32 Å². The van der Waals surface area contributed by atoms with Crippen molar-refractivity contribution < 1.29 is 18.9 Å². The number of nitro groups is 1. The molecule has 8 nitrogen and oxygen atoms in total. The normalized spacial score (nSPS) is 10.9. The molecule has 108 valence electrons. The number of carbonyl (C=O) groups is 2. The van der Waals surface area contributed by atoms with E-state index in [2.05, 4.69) is 5.32 Å². The van der Waals surface area contributed by atoms with Crippen molar-refractivity contribution in [1.29, 1.82) is 0 Å². The molecule has 0 heterocycles. The molecule has 0 unspecified atom stereocenters. The Bertz CT molecular complexity index is 600. The lowest BCUT2D eigenvalue weighted by Gasteiger charge is -2.22. The first kappa shape index (κ1) is 15.3. The summed E-state index contributed by atoms with van der Waals surface area (Å²) in [6.07, 6.45) is 0. The summed E-state index contributed by atoms with van der Waals surface area (Å²) in [6.45, 7) is 2.65. The molecule has 20 heavy (non-hydrogen) atoms. The Labute approximate surface area is 113 Å². The Morgan fingerprint density at radius 3 is 2.40 bits per heavy atom. The Kier molecular flexibility index (Phi) is 3.92. The van der Waals surface area contributed by atoms with Crippen LogP contribution in [0.25, 0.3) is 0 Å². The van der Waals surface area contributed by atoms with Crippen LogP contribution in [-0.2, 0) is 4.79 Å². The number of benzene rings is 1. The minimum Gasteiger partial charge on any atom is -0.396 e. The molecule has 0 atom stereocenters. The summed E-state index contributed by atoms with van der Waals surface area (Å²) in [5.41, 5.74) is 7.31. The molecule has 0 saturated carbocycles. The SMILES string of the molecule is CC(C)(NC(=O)c1cc(N)c(F)cc1[N+](=O)[O-])C(N)=O. The quantitative estimate of drug-likeness (QED) is 0.414. The number of nitrogens with one attached hydrogen (secondary N) is 1. The third kappa shape index (κ3) is 2.99. The van der Waals surface area contributed by atoms with Crippen LogP contribution < -0.4 is 16.8 Å². The van der Waals surface area contributed by atoms with Crippen molar-refractivity contribution in [3.05, 3.63) is 33.6 Å². The highest BCUT2D eigenvalue weighted by Gasteiger charge is 2.31. The molecular weight excluding hydrogens is 271 g/mol. The maximum Gasteiger partial charge on any atom is 0.285 e. The van der Waals surface area contributed by atoms with Gasteiger partial charge >= 0.3 is 0 Å². The topological polar surface area (TPSA) is 141 Å². The summed E-state index contributed by atoms with van der Waals surface area (Å²) < 4.78 is 13.2. The minimum atomic E-state index is -1.42. The van der Waals surface area contributed by atoms with E-state index in [9.17, 15) is 24.1 Å². The number of rotatable bonds is 4. The fourth-order valence-electron chi connectivity index (χ4n) is 1.33. The monoisotopic (exact) mass is 284 g/mol. The maximum atomic E-state index is 13.2. The first-order valence-corrected chi connectivity index (χ1v) is 5.42. The van der Waals surface area contributed by atoms with Crippen LogP contribution in [0, 0.1) is 15.9 Å². The molecule has 0 aliphatic heterocycles. The van der Waals surface area contributed by atoms with E-state index >= 15 is 0 Å². The van der Waals surface area contributed by atoms with Gasteiger partial charge < -0.3 is 16.8 Å². The molecular formula is C11H13FN4O4. The molecule has 0 spiro atoms. The number of amides is 2. The average molecular weight is 284 g/mol. The van der Waals surface area contributed by atoms with Crippen LogP contribution in [0.15, 0.2) is 12.1 Å². The van der Waals surface area contributed by atoms with E-state index in [1.807, 2.05) is 0 Å². The zero-order valence-corrected chi connectivity index (χ0v) is 10.8. The number of nitrogens with two attached hydrogens (primary N) is 2.